The maximum atomic E-state index is 13.4. The Morgan fingerprint density at radius 1 is 1.22 bits per heavy atom. The normalized spacial score (nSPS) is 17.5. The number of nitrogens with one attached hydrogen (secondary N) is 2. The number of nitrogens with zero attached hydrogens (tertiary/aromatic N) is 1. The van der Waals surface area contributed by atoms with Crippen molar-refractivity contribution in [2.75, 3.05) is 44.2 Å². The molecule has 2 aromatic rings. The molecule has 0 saturated carbocycles. The van der Waals surface area contributed by atoms with Crippen LogP contribution in [0.2, 0.25) is 0 Å². The maximum Gasteiger partial charge on any atom is 0.416 e. The first kappa shape index (κ1) is 26.5. The summed E-state index contributed by atoms with van der Waals surface area (Å²) in [4.78, 5) is 26.9. The highest BCUT2D eigenvalue weighted by Gasteiger charge is 2.41. The van der Waals surface area contributed by atoms with Gasteiger partial charge in [0.2, 0.25) is 5.91 Å². The number of fused-ring (bicyclic) bond motifs is 2. The first-order valence-corrected chi connectivity index (χ1v) is 11.7. The number of halogens is 3. The number of carbonyl (C=O) groups is 2. The van der Waals surface area contributed by atoms with Gasteiger partial charge < -0.3 is 24.8 Å². The van der Waals surface area contributed by atoms with Gasteiger partial charge >= 0.3 is 12.2 Å². The van der Waals surface area contributed by atoms with Crippen molar-refractivity contribution in [3.63, 3.8) is 0 Å². The average Bonchev–Trinajstić information content (AvgIpc) is 2.83. The zero-order valence-electron chi connectivity index (χ0n) is 20.7. The molecule has 0 fully saturated rings. The molecule has 0 radical (unpaired) electrons. The number of ether oxygens (including phenoxy) is 3. The monoisotopic (exact) mass is 519 g/mol. The zero-order chi connectivity index (χ0) is 26.8. The molecule has 2 aliphatic heterocycles. The van der Waals surface area contributed by atoms with Gasteiger partial charge in [0.1, 0.15) is 5.75 Å². The van der Waals surface area contributed by atoms with Gasteiger partial charge in [-0.2, -0.15) is 13.2 Å². The molecule has 0 aromatic heterocycles. The van der Waals surface area contributed by atoms with Crippen LogP contribution in [0.1, 0.15) is 30.0 Å². The molecule has 0 aliphatic carbocycles. The van der Waals surface area contributed by atoms with Crippen molar-refractivity contribution >= 4 is 28.9 Å². The highest BCUT2D eigenvalue weighted by atomic mass is 19.4. The molecule has 2 aromatic carbocycles. The van der Waals surface area contributed by atoms with E-state index in [1.807, 2.05) is 13.0 Å². The van der Waals surface area contributed by atoms with Crippen molar-refractivity contribution in [1.29, 1.82) is 0 Å². The molecule has 0 bridgehead atoms. The average molecular weight is 520 g/mol. The van der Waals surface area contributed by atoms with Crippen molar-refractivity contribution in [2.45, 2.75) is 31.7 Å². The van der Waals surface area contributed by atoms with Crippen molar-refractivity contribution < 1.29 is 37.0 Å². The van der Waals surface area contributed by atoms with E-state index in [9.17, 15) is 22.8 Å². The van der Waals surface area contributed by atoms with E-state index in [4.69, 9.17) is 14.2 Å². The van der Waals surface area contributed by atoms with Crippen molar-refractivity contribution in [1.82, 2.24) is 5.32 Å². The van der Waals surface area contributed by atoms with Gasteiger partial charge in [0, 0.05) is 56.6 Å². The third-order valence-electron chi connectivity index (χ3n) is 6.29. The summed E-state index contributed by atoms with van der Waals surface area (Å²) in [7, 11) is 2.91. The first-order valence-electron chi connectivity index (χ1n) is 11.7. The van der Waals surface area contributed by atoms with Gasteiger partial charge in [-0.05, 0) is 36.8 Å². The Morgan fingerprint density at radius 3 is 2.59 bits per heavy atom. The Balaban J connectivity index is 1.70. The van der Waals surface area contributed by atoms with Crippen LogP contribution in [0.3, 0.4) is 0 Å². The molecule has 11 heteroatoms. The lowest BCUT2D eigenvalue weighted by molar-refractivity contribution is -0.138. The number of anilines is 2. The lowest BCUT2D eigenvalue weighted by Gasteiger charge is -2.39. The zero-order valence-corrected chi connectivity index (χ0v) is 20.7. The minimum absolute atomic E-state index is 0.00684. The molecular weight excluding hydrogens is 491 g/mol. The Bertz CT molecular complexity index is 1220. The van der Waals surface area contributed by atoms with E-state index in [0.29, 0.717) is 29.1 Å². The van der Waals surface area contributed by atoms with E-state index in [1.165, 1.54) is 26.4 Å². The van der Waals surface area contributed by atoms with Crippen LogP contribution in [0, 0.1) is 0 Å². The summed E-state index contributed by atoms with van der Waals surface area (Å²) in [6.45, 7) is 2.63. The molecule has 0 atom stereocenters. The maximum absolute atomic E-state index is 13.4. The molecule has 0 unspecified atom stereocenters. The highest BCUT2D eigenvalue weighted by molar-refractivity contribution is 6.06. The fourth-order valence-corrected chi connectivity index (χ4v) is 4.76. The number of alkyl halides is 3. The van der Waals surface area contributed by atoms with Gasteiger partial charge in [-0.15, -0.1) is 0 Å². The van der Waals surface area contributed by atoms with Crippen LogP contribution in [-0.4, -0.2) is 51.5 Å². The number of amides is 3. The largest absolute Gasteiger partial charge is 0.481 e. The van der Waals surface area contributed by atoms with Crippen LogP contribution in [0.5, 0.6) is 5.75 Å². The van der Waals surface area contributed by atoms with Gasteiger partial charge in [0.15, 0.2) is 5.60 Å². The van der Waals surface area contributed by atoms with Crippen LogP contribution in [-0.2, 0) is 27.0 Å². The first-order chi connectivity index (χ1) is 17.6. The van der Waals surface area contributed by atoms with Gasteiger partial charge in [-0.1, -0.05) is 12.1 Å². The molecule has 37 heavy (non-hydrogen) atoms. The topological polar surface area (TPSA) is 89.1 Å². The molecule has 2 heterocycles. The number of rotatable bonds is 7. The smallest absolute Gasteiger partial charge is 0.416 e. The molecule has 2 N–H and O–H groups in total. The van der Waals surface area contributed by atoms with E-state index in [-0.39, 0.29) is 38.0 Å². The summed E-state index contributed by atoms with van der Waals surface area (Å²) in [6.07, 6.45) is -3.03. The predicted molar refractivity (Wildman–Crippen MR) is 131 cm³/mol. The van der Waals surface area contributed by atoms with Crippen LogP contribution >= 0.6 is 0 Å². The second-order valence-corrected chi connectivity index (χ2v) is 8.90. The Hall–Kier alpha value is -3.57. The summed E-state index contributed by atoms with van der Waals surface area (Å²) >= 11 is 0. The highest BCUT2D eigenvalue weighted by Crippen LogP contribution is 2.44. The van der Waals surface area contributed by atoms with E-state index in [2.05, 4.69) is 10.6 Å². The molecule has 4 rings (SSSR count). The summed E-state index contributed by atoms with van der Waals surface area (Å²) in [6, 6.07) is 8.26. The van der Waals surface area contributed by atoms with Gasteiger partial charge in [0.25, 0.3) is 0 Å². The van der Waals surface area contributed by atoms with Gasteiger partial charge in [-0.3, -0.25) is 9.69 Å². The molecule has 2 aliphatic rings. The van der Waals surface area contributed by atoms with E-state index < -0.39 is 23.2 Å². The number of urea groups is 1. The molecule has 0 spiro atoms. The van der Waals surface area contributed by atoms with Crippen LogP contribution in [0.4, 0.5) is 29.3 Å². The van der Waals surface area contributed by atoms with Gasteiger partial charge in [-0.25, -0.2) is 4.79 Å². The van der Waals surface area contributed by atoms with Crippen LogP contribution in [0.25, 0.3) is 5.57 Å². The summed E-state index contributed by atoms with van der Waals surface area (Å²) in [5.74, 6) is -0.479. The van der Waals surface area contributed by atoms with Gasteiger partial charge in [0.05, 0.1) is 24.5 Å². The molecule has 0 saturated heterocycles. The molecule has 3 amide bonds. The molecular formula is C26H28F3N3O5. The Labute approximate surface area is 212 Å². The predicted octanol–water partition coefficient (Wildman–Crippen LogP) is 4.59. The number of methoxy groups -OCH3 is 2. The fraction of sp³-hybridized carbons (Fsp3) is 0.385. The standard InChI is InChI=1S/C26H28F3N3O5/c1-4-32-21-7-5-6-20(19(21)13-30-24(32)34)31-23(33)10-16-12-25(14-35-2,15-36-3)37-22-11-17(26(27,28)29)8-9-18(16)22/h5-11H,4,12-15H2,1-3H3,(H,30,34)(H,31,33). The van der Waals surface area contributed by atoms with Crippen LogP contribution < -0.4 is 20.3 Å². The second-order valence-electron chi connectivity index (χ2n) is 8.90. The number of carbonyl (C=O) groups excluding carboxylic acids is 2. The lowest BCUT2D eigenvalue weighted by Crippen LogP contribution is -2.47. The summed E-state index contributed by atoms with van der Waals surface area (Å²) in [5.41, 5.74) is 0.861. The molecule has 198 valence electrons. The Kier molecular flexibility index (Phi) is 7.47. The van der Waals surface area contributed by atoms with E-state index >= 15 is 0 Å². The van der Waals surface area contributed by atoms with Crippen molar-refractivity contribution in [2.24, 2.45) is 0 Å². The van der Waals surface area contributed by atoms with E-state index in [1.54, 1.807) is 17.0 Å². The molecule has 8 nitrogen and oxygen atoms in total. The van der Waals surface area contributed by atoms with Crippen molar-refractivity contribution in [3.05, 3.63) is 59.2 Å². The van der Waals surface area contributed by atoms with Crippen molar-refractivity contribution in [3.8, 4) is 5.75 Å². The second kappa shape index (κ2) is 10.4. The summed E-state index contributed by atoms with van der Waals surface area (Å²) < 4.78 is 56.8. The summed E-state index contributed by atoms with van der Waals surface area (Å²) in [5, 5.41) is 5.65. The number of hydrogen-bond donors (Lipinski definition) is 2. The third-order valence-corrected chi connectivity index (χ3v) is 6.29. The SMILES string of the molecule is CCN1C(=O)NCc2c(NC(=O)C=C3CC(COC)(COC)Oc4cc(C(F)(F)F)ccc43)cccc21. The number of benzene rings is 2. The number of hydrogen-bond acceptors (Lipinski definition) is 5. The fourth-order valence-electron chi connectivity index (χ4n) is 4.76. The minimum Gasteiger partial charge on any atom is -0.481 e. The van der Waals surface area contributed by atoms with E-state index in [0.717, 1.165) is 17.7 Å². The minimum atomic E-state index is -4.56. The third kappa shape index (κ3) is 5.42. The lowest BCUT2D eigenvalue weighted by atomic mass is 9.86. The quantitative estimate of drug-likeness (QED) is 0.523. The van der Waals surface area contributed by atoms with Crippen LogP contribution in [0.15, 0.2) is 42.5 Å². The Morgan fingerprint density at radius 2 is 1.95 bits per heavy atom.